The van der Waals surface area contributed by atoms with Gasteiger partial charge in [0.15, 0.2) is 6.10 Å². The van der Waals surface area contributed by atoms with Crippen LogP contribution in [-0.4, -0.2) is 15.1 Å². The third-order valence-corrected chi connectivity index (χ3v) is 4.35. The maximum absolute atomic E-state index is 10.6. The van der Waals surface area contributed by atoms with Gasteiger partial charge in [-0.1, -0.05) is 0 Å². The Balaban J connectivity index is 2.42. The monoisotopic (exact) mass is 285 g/mol. The molecule has 0 spiro atoms. The maximum atomic E-state index is 10.6. The van der Waals surface area contributed by atoms with Gasteiger partial charge in [-0.25, -0.2) is 9.97 Å². The molecule has 0 bridgehead atoms. The van der Waals surface area contributed by atoms with E-state index >= 15 is 0 Å². The summed E-state index contributed by atoms with van der Waals surface area (Å²) >= 11 is 2.75. The van der Waals surface area contributed by atoms with E-state index in [1.165, 1.54) is 22.7 Å². The van der Waals surface area contributed by atoms with E-state index in [1.807, 2.05) is 26.2 Å². The Hall–Kier alpha value is -1.54. The van der Waals surface area contributed by atoms with Crippen molar-refractivity contribution in [1.29, 1.82) is 0 Å². The number of aryl methyl sites for hydroxylation is 3. The number of nitrogens with zero attached hydrogens (tertiary/aromatic N) is 3. The quantitative estimate of drug-likeness (QED) is 0.637. The van der Waals surface area contributed by atoms with Crippen LogP contribution in [-0.2, 0) is 4.84 Å². The van der Waals surface area contributed by atoms with E-state index in [0.717, 1.165) is 21.3 Å². The van der Waals surface area contributed by atoms with Crippen LogP contribution in [0.15, 0.2) is 5.38 Å². The second-order valence-electron chi connectivity index (χ2n) is 3.72. The largest absolute Gasteiger partial charge is 0.297 e. The maximum Gasteiger partial charge on any atom is 0.295 e. The fourth-order valence-electron chi connectivity index (χ4n) is 1.57. The Morgan fingerprint density at radius 2 is 2.11 bits per heavy atom. The van der Waals surface area contributed by atoms with Gasteiger partial charge in [0.05, 0.1) is 15.6 Å². The minimum atomic E-state index is -0.782. The Labute approximate surface area is 111 Å². The Kier molecular flexibility index (Phi) is 3.58. The second-order valence-corrected chi connectivity index (χ2v) is 5.84. The summed E-state index contributed by atoms with van der Waals surface area (Å²) in [4.78, 5) is 24.7. The standard InChI is InChI=1S/C10H11N3O3S2/c1-5-4-17-10(11-5)8(16-13(14)15)9-6(2)12-7(3)18-9/h4,8H,1-3H3. The lowest BCUT2D eigenvalue weighted by Gasteiger charge is -2.10. The fraction of sp³-hybridized carbons (Fsp3) is 0.400. The fourth-order valence-corrected chi connectivity index (χ4v) is 3.43. The lowest BCUT2D eigenvalue weighted by molar-refractivity contribution is -0.768. The normalized spacial score (nSPS) is 12.4. The molecule has 1 unspecified atom stereocenters. The molecule has 0 amide bonds. The van der Waals surface area contributed by atoms with Crippen molar-refractivity contribution in [2.24, 2.45) is 0 Å². The molecule has 2 aromatic heterocycles. The molecule has 1 atom stereocenters. The van der Waals surface area contributed by atoms with Crippen molar-refractivity contribution in [3.05, 3.63) is 41.8 Å². The molecule has 0 aliphatic heterocycles. The molecule has 2 aromatic rings. The predicted molar refractivity (Wildman–Crippen MR) is 68.4 cm³/mol. The van der Waals surface area contributed by atoms with Crippen LogP contribution in [0.3, 0.4) is 0 Å². The zero-order valence-electron chi connectivity index (χ0n) is 10.0. The molecule has 0 N–H and O–H groups in total. The van der Waals surface area contributed by atoms with Gasteiger partial charge in [0.2, 0.25) is 0 Å². The summed E-state index contributed by atoms with van der Waals surface area (Å²) in [7, 11) is 0. The lowest BCUT2D eigenvalue weighted by atomic mass is 10.2. The minimum Gasteiger partial charge on any atom is -0.297 e. The first-order chi connectivity index (χ1) is 8.47. The minimum absolute atomic E-state index is 0.580. The van der Waals surface area contributed by atoms with Gasteiger partial charge in [0, 0.05) is 11.1 Å². The van der Waals surface area contributed by atoms with E-state index in [9.17, 15) is 10.1 Å². The van der Waals surface area contributed by atoms with Crippen molar-refractivity contribution in [2.75, 3.05) is 0 Å². The molecule has 2 heterocycles. The van der Waals surface area contributed by atoms with Crippen LogP contribution in [0.25, 0.3) is 0 Å². The Bertz CT molecular complexity index is 579. The third-order valence-electron chi connectivity index (χ3n) is 2.23. The van der Waals surface area contributed by atoms with E-state index in [-0.39, 0.29) is 0 Å². The SMILES string of the molecule is Cc1csc(C(O[N+](=O)[O-])c2sc(C)nc2C)n1. The van der Waals surface area contributed by atoms with Crippen molar-refractivity contribution in [3.8, 4) is 0 Å². The van der Waals surface area contributed by atoms with Gasteiger partial charge in [-0.2, -0.15) is 0 Å². The summed E-state index contributed by atoms with van der Waals surface area (Å²) in [5, 5.41) is 13.1. The van der Waals surface area contributed by atoms with E-state index in [0.29, 0.717) is 5.01 Å². The van der Waals surface area contributed by atoms with Gasteiger partial charge in [-0.15, -0.1) is 32.8 Å². The summed E-state index contributed by atoms with van der Waals surface area (Å²) in [5.41, 5.74) is 1.57. The van der Waals surface area contributed by atoms with E-state index in [2.05, 4.69) is 9.97 Å². The summed E-state index contributed by atoms with van der Waals surface area (Å²) in [6.07, 6.45) is -0.773. The van der Waals surface area contributed by atoms with Crippen molar-refractivity contribution in [1.82, 2.24) is 9.97 Å². The number of rotatable bonds is 4. The van der Waals surface area contributed by atoms with Crippen LogP contribution >= 0.6 is 22.7 Å². The van der Waals surface area contributed by atoms with Crippen molar-refractivity contribution < 1.29 is 9.92 Å². The molecule has 8 heteroatoms. The molecule has 6 nitrogen and oxygen atoms in total. The molecule has 0 aromatic carbocycles. The average Bonchev–Trinajstić information content (AvgIpc) is 2.81. The second kappa shape index (κ2) is 4.99. The number of hydrogen-bond donors (Lipinski definition) is 0. The Morgan fingerprint density at radius 3 is 2.56 bits per heavy atom. The van der Waals surface area contributed by atoms with Crippen LogP contribution in [0.4, 0.5) is 0 Å². The topological polar surface area (TPSA) is 78.2 Å². The molecular weight excluding hydrogens is 274 g/mol. The predicted octanol–water partition coefficient (Wildman–Crippen LogP) is 2.82. The van der Waals surface area contributed by atoms with Gasteiger partial charge < -0.3 is 0 Å². The number of aromatic nitrogens is 2. The smallest absolute Gasteiger partial charge is 0.295 e. The van der Waals surface area contributed by atoms with Crippen LogP contribution < -0.4 is 0 Å². The van der Waals surface area contributed by atoms with Gasteiger partial charge in [-0.05, 0) is 20.8 Å². The molecule has 0 radical (unpaired) electrons. The van der Waals surface area contributed by atoms with Crippen LogP contribution in [0.1, 0.15) is 32.4 Å². The van der Waals surface area contributed by atoms with Gasteiger partial charge in [0.25, 0.3) is 5.09 Å². The molecule has 0 aliphatic rings. The molecule has 2 rings (SSSR count). The van der Waals surface area contributed by atoms with Gasteiger partial charge in [0.1, 0.15) is 5.01 Å². The summed E-state index contributed by atoms with van der Waals surface area (Å²) < 4.78 is 0. The van der Waals surface area contributed by atoms with Gasteiger partial charge in [-0.3, -0.25) is 4.84 Å². The third kappa shape index (κ3) is 2.65. The highest BCUT2D eigenvalue weighted by atomic mass is 32.1. The van der Waals surface area contributed by atoms with E-state index < -0.39 is 11.2 Å². The van der Waals surface area contributed by atoms with Crippen LogP contribution in [0.2, 0.25) is 0 Å². The first-order valence-electron chi connectivity index (χ1n) is 5.14. The molecule has 0 saturated heterocycles. The summed E-state index contributed by atoms with van der Waals surface area (Å²) in [5.74, 6) is 0. The highest BCUT2D eigenvalue weighted by Crippen LogP contribution is 2.34. The first-order valence-corrected chi connectivity index (χ1v) is 6.84. The van der Waals surface area contributed by atoms with Crippen molar-refractivity contribution in [2.45, 2.75) is 26.9 Å². The highest BCUT2D eigenvalue weighted by Gasteiger charge is 2.26. The lowest BCUT2D eigenvalue weighted by Crippen LogP contribution is -2.10. The highest BCUT2D eigenvalue weighted by molar-refractivity contribution is 7.12. The zero-order chi connectivity index (χ0) is 13.3. The number of hydrogen-bond acceptors (Lipinski definition) is 7. The molecular formula is C10H11N3O3S2. The van der Waals surface area contributed by atoms with Crippen LogP contribution in [0, 0.1) is 30.9 Å². The Morgan fingerprint density at radius 1 is 1.39 bits per heavy atom. The number of thiazole rings is 2. The molecule has 18 heavy (non-hydrogen) atoms. The summed E-state index contributed by atoms with van der Waals surface area (Å²) in [6, 6.07) is 0. The van der Waals surface area contributed by atoms with Crippen molar-refractivity contribution >= 4 is 22.7 Å². The van der Waals surface area contributed by atoms with Crippen LogP contribution in [0.5, 0.6) is 0 Å². The van der Waals surface area contributed by atoms with E-state index in [4.69, 9.17) is 4.84 Å². The van der Waals surface area contributed by atoms with Crippen molar-refractivity contribution in [3.63, 3.8) is 0 Å². The molecule has 0 aliphatic carbocycles. The zero-order valence-corrected chi connectivity index (χ0v) is 11.7. The van der Waals surface area contributed by atoms with E-state index in [1.54, 1.807) is 0 Å². The summed E-state index contributed by atoms with van der Waals surface area (Å²) in [6.45, 7) is 5.51. The molecule has 0 fully saturated rings. The molecule has 0 saturated carbocycles. The van der Waals surface area contributed by atoms with Gasteiger partial charge >= 0.3 is 0 Å². The molecule has 96 valence electrons. The average molecular weight is 285 g/mol. The first kappa shape index (κ1) is 12.9.